The van der Waals surface area contributed by atoms with Crippen molar-refractivity contribution in [3.05, 3.63) is 27.1 Å². The van der Waals surface area contributed by atoms with Crippen LogP contribution in [0.2, 0.25) is 5.02 Å². The van der Waals surface area contributed by atoms with E-state index in [1.165, 1.54) is 6.42 Å². The van der Waals surface area contributed by atoms with Gasteiger partial charge < -0.3 is 4.90 Å². The fourth-order valence-corrected chi connectivity index (χ4v) is 2.17. The summed E-state index contributed by atoms with van der Waals surface area (Å²) in [5.41, 5.74) is 0.579. The molecule has 2 heterocycles. The summed E-state index contributed by atoms with van der Waals surface area (Å²) in [6, 6.07) is 1.68. The van der Waals surface area contributed by atoms with E-state index >= 15 is 0 Å². The van der Waals surface area contributed by atoms with Gasteiger partial charge in [-0.05, 0) is 32.5 Å². The topological polar surface area (TPSA) is 49.0 Å². The smallest absolute Gasteiger partial charge is 0.282 e. The molecule has 0 aromatic carbocycles. The Labute approximate surface area is 93.2 Å². The van der Waals surface area contributed by atoms with Gasteiger partial charge in [-0.25, -0.2) is 5.10 Å². The zero-order chi connectivity index (χ0) is 10.8. The minimum Gasteiger partial charge on any atom is -0.306 e. The molecule has 1 atom stereocenters. The summed E-state index contributed by atoms with van der Waals surface area (Å²) in [5, 5.41) is 6.70. The van der Waals surface area contributed by atoms with Gasteiger partial charge in [0.1, 0.15) is 5.02 Å². The highest BCUT2D eigenvalue weighted by Gasteiger charge is 2.20. The summed E-state index contributed by atoms with van der Waals surface area (Å²) < 4.78 is 0. The Morgan fingerprint density at radius 1 is 1.67 bits per heavy atom. The van der Waals surface area contributed by atoms with Crippen LogP contribution in [0.15, 0.2) is 10.9 Å². The molecule has 15 heavy (non-hydrogen) atoms. The normalized spacial score (nSPS) is 22.9. The van der Waals surface area contributed by atoms with E-state index in [1.807, 2.05) is 0 Å². The van der Waals surface area contributed by atoms with Gasteiger partial charge in [-0.3, -0.25) is 4.79 Å². The van der Waals surface area contributed by atoms with Crippen molar-refractivity contribution >= 4 is 11.6 Å². The SMILES string of the molecule is CN1CCCC(c2cc(Cl)c(=O)[nH]n2)C1. The third-order valence-corrected chi connectivity index (χ3v) is 3.10. The Balaban J connectivity index is 2.21. The molecule has 5 heteroatoms. The largest absolute Gasteiger partial charge is 0.306 e. The van der Waals surface area contributed by atoms with Crippen molar-refractivity contribution < 1.29 is 0 Å². The molecule has 0 bridgehead atoms. The number of likely N-dealkylation sites (N-methyl/N-ethyl adjacent to an activating group) is 1. The first-order valence-electron chi connectivity index (χ1n) is 5.10. The van der Waals surface area contributed by atoms with Gasteiger partial charge in [0, 0.05) is 12.5 Å². The highest BCUT2D eigenvalue weighted by Crippen LogP contribution is 2.24. The Bertz CT molecular complexity index is 404. The molecule has 1 saturated heterocycles. The van der Waals surface area contributed by atoms with Crippen LogP contribution in [-0.4, -0.2) is 35.2 Å². The average molecular weight is 228 g/mol. The summed E-state index contributed by atoms with van der Waals surface area (Å²) in [6.07, 6.45) is 2.28. The van der Waals surface area contributed by atoms with E-state index in [1.54, 1.807) is 6.07 Å². The van der Waals surface area contributed by atoms with E-state index in [2.05, 4.69) is 22.1 Å². The first-order valence-corrected chi connectivity index (χ1v) is 5.48. The van der Waals surface area contributed by atoms with Gasteiger partial charge in [0.2, 0.25) is 0 Å². The molecule has 1 unspecified atom stereocenters. The van der Waals surface area contributed by atoms with Gasteiger partial charge in [0.05, 0.1) is 5.69 Å². The maximum absolute atomic E-state index is 11.1. The van der Waals surface area contributed by atoms with Gasteiger partial charge in [-0.2, -0.15) is 5.10 Å². The highest BCUT2D eigenvalue weighted by atomic mass is 35.5. The van der Waals surface area contributed by atoms with Gasteiger partial charge in [0.25, 0.3) is 5.56 Å². The monoisotopic (exact) mass is 227 g/mol. The minimum atomic E-state index is -0.315. The lowest BCUT2D eigenvalue weighted by Crippen LogP contribution is -2.31. The summed E-state index contributed by atoms with van der Waals surface area (Å²) >= 11 is 5.77. The number of piperidine rings is 1. The zero-order valence-corrected chi connectivity index (χ0v) is 9.42. The van der Waals surface area contributed by atoms with Crippen molar-refractivity contribution in [3.8, 4) is 0 Å². The lowest BCUT2D eigenvalue weighted by molar-refractivity contribution is 0.248. The van der Waals surface area contributed by atoms with E-state index in [0.29, 0.717) is 5.92 Å². The lowest BCUT2D eigenvalue weighted by Gasteiger charge is -2.28. The quantitative estimate of drug-likeness (QED) is 0.785. The summed E-state index contributed by atoms with van der Waals surface area (Å²) in [6.45, 7) is 2.11. The number of hydrogen-bond donors (Lipinski definition) is 1. The molecule has 1 fully saturated rings. The second kappa shape index (κ2) is 4.33. The first kappa shape index (κ1) is 10.6. The maximum atomic E-state index is 11.1. The summed E-state index contributed by atoms with van der Waals surface area (Å²) in [4.78, 5) is 13.3. The van der Waals surface area contributed by atoms with E-state index in [9.17, 15) is 4.79 Å². The number of rotatable bonds is 1. The van der Waals surface area contributed by atoms with Crippen LogP contribution in [0, 0.1) is 0 Å². The Kier molecular flexibility index (Phi) is 3.07. The standard InChI is InChI=1S/C10H14ClN3O/c1-14-4-2-3-7(6-14)9-5-8(11)10(15)13-12-9/h5,7H,2-4,6H2,1H3,(H,13,15). The Morgan fingerprint density at radius 3 is 3.13 bits per heavy atom. The minimum absolute atomic E-state index is 0.230. The highest BCUT2D eigenvalue weighted by molar-refractivity contribution is 6.30. The number of nitrogens with zero attached hydrogens (tertiary/aromatic N) is 2. The third-order valence-electron chi connectivity index (χ3n) is 2.82. The first-order chi connectivity index (χ1) is 7.16. The molecule has 0 aliphatic carbocycles. The molecular formula is C10H14ClN3O. The molecule has 0 spiro atoms. The molecule has 0 saturated carbocycles. The summed E-state index contributed by atoms with van der Waals surface area (Å²) in [5.74, 6) is 0.387. The third kappa shape index (κ3) is 2.38. The van der Waals surface area contributed by atoms with Crippen LogP contribution < -0.4 is 5.56 Å². The average Bonchev–Trinajstić information content (AvgIpc) is 2.22. The Morgan fingerprint density at radius 2 is 2.47 bits per heavy atom. The second-order valence-corrected chi connectivity index (χ2v) is 4.48. The van der Waals surface area contributed by atoms with E-state index in [0.717, 1.165) is 25.2 Å². The van der Waals surface area contributed by atoms with Crippen molar-refractivity contribution in [1.82, 2.24) is 15.1 Å². The molecule has 4 nitrogen and oxygen atoms in total. The molecule has 0 radical (unpaired) electrons. The van der Waals surface area contributed by atoms with Crippen molar-refractivity contribution in [2.24, 2.45) is 0 Å². The molecule has 1 aliphatic heterocycles. The Hall–Kier alpha value is -0.870. The van der Waals surface area contributed by atoms with Gasteiger partial charge in [0.15, 0.2) is 0 Å². The van der Waals surface area contributed by atoms with Crippen LogP contribution in [0.4, 0.5) is 0 Å². The van der Waals surface area contributed by atoms with Gasteiger partial charge in [-0.1, -0.05) is 11.6 Å². The van der Waals surface area contributed by atoms with Crippen LogP contribution >= 0.6 is 11.6 Å². The van der Waals surface area contributed by atoms with Crippen LogP contribution in [0.25, 0.3) is 0 Å². The molecule has 1 aromatic rings. The van der Waals surface area contributed by atoms with Crippen LogP contribution in [-0.2, 0) is 0 Å². The zero-order valence-electron chi connectivity index (χ0n) is 8.66. The number of nitrogens with one attached hydrogen (secondary N) is 1. The molecular weight excluding hydrogens is 214 g/mol. The molecule has 82 valence electrons. The van der Waals surface area contributed by atoms with Gasteiger partial charge in [-0.15, -0.1) is 0 Å². The fraction of sp³-hybridized carbons (Fsp3) is 0.600. The number of likely N-dealkylation sites (tertiary alicyclic amines) is 1. The van der Waals surface area contributed by atoms with Crippen LogP contribution in [0.5, 0.6) is 0 Å². The van der Waals surface area contributed by atoms with E-state index < -0.39 is 0 Å². The molecule has 1 N–H and O–H groups in total. The summed E-state index contributed by atoms with van der Waals surface area (Å²) in [7, 11) is 2.10. The molecule has 1 aliphatic rings. The van der Waals surface area contributed by atoms with Crippen molar-refractivity contribution in [2.45, 2.75) is 18.8 Å². The number of hydrogen-bond acceptors (Lipinski definition) is 3. The van der Waals surface area contributed by atoms with Crippen molar-refractivity contribution in [3.63, 3.8) is 0 Å². The van der Waals surface area contributed by atoms with E-state index in [4.69, 9.17) is 11.6 Å². The predicted molar refractivity (Wildman–Crippen MR) is 59.3 cm³/mol. The van der Waals surface area contributed by atoms with Crippen molar-refractivity contribution in [2.75, 3.05) is 20.1 Å². The van der Waals surface area contributed by atoms with Crippen LogP contribution in [0.1, 0.15) is 24.5 Å². The van der Waals surface area contributed by atoms with Crippen molar-refractivity contribution in [1.29, 1.82) is 0 Å². The van der Waals surface area contributed by atoms with Crippen LogP contribution in [0.3, 0.4) is 0 Å². The second-order valence-electron chi connectivity index (χ2n) is 4.07. The lowest BCUT2D eigenvalue weighted by atomic mass is 9.95. The van der Waals surface area contributed by atoms with E-state index in [-0.39, 0.29) is 10.6 Å². The number of aromatic nitrogens is 2. The molecule has 0 amide bonds. The number of H-pyrrole nitrogens is 1. The molecule has 1 aromatic heterocycles. The predicted octanol–water partition coefficient (Wildman–Crippen LogP) is 1.23. The number of halogens is 1. The fourth-order valence-electron chi connectivity index (χ4n) is 2.01. The maximum Gasteiger partial charge on any atom is 0.282 e. The van der Waals surface area contributed by atoms with Gasteiger partial charge >= 0.3 is 0 Å². The molecule has 2 rings (SSSR count). The number of aromatic amines is 1.